The van der Waals surface area contributed by atoms with Gasteiger partial charge >= 0.3 is 0 Å². The lowest BCUT2D eigenvalue weighted by molar-refractivity contribution is -0.385. The number of nitro benzene ring substituents is 1. The van der Waals surface area contributed by atoms with Crippen molar-refractivity contribution in [3.8, 4) is 5.75 Å². The van der Waals surface area contributed by atoms with E-state index in [4.69, 9.17) is 4.74 Å². The number of benzene rings is 2. The Morgan fingerprint density at radius 3 is 2.57 bits per heavy atom. The highest BCUT2D eigenvalue weighted by molar-refractivity contribution is 9.09. The normalized spacial score (nSPS) is 12.0. The molecule has 1 unspecified atom stereocenters. The number of nitro groups is 1. The third kappa shape index (κ3) is 3.58. The van der Waals surface area contributed by atoms with Crippen molar-refractivity contribution in [2.24, 2.45) is 0 Å². The summed E-state index contributed by atoms with van der Waals surface area (Å²) in [7, 11) is 1.33. The lowest BCUT2D eigenvalue weighted by atomic mass is 10.0. The fourth-order valence-corrected chi connectivity index (χ4v) is 2.70. The summed E-state index contributed by atoms with van der Waals surface area (Å²) in [6.45, 7) is 0. The van der Waals surface area contributed by atoms with Crippen molar-refractivity contribution in [2.75, 3.05) is 7.11 Å². The maximum atomic E-state index is 13.6. The van der Waals surface area contributed by atoms with Crippen LogP contribution in [0, 0.1) is 15.9 Å². The number of hydrogen-bond donors (Lipinski definition) is 0. The minimum atomic E-state index is -0.737. The number of hydrogen-bond acceptors (Lipinski definition) is 3. The van der Waals surface area contributed by atoms with Crippen molar-refractivity contribution < 1.29 is 14.1 Å². The molecule has 0 aromatic heterocycles. The molecule has 0 amide bonds. The Balaban J connectivity index is 2.36. The number of rotatable bonds is 5. The van der Waals surface area contributed by atoms with E-state index in [1.807, 2.05) is 30.3 Å². The quantitative estimate of drug-likeness (QED) is 0.454. The first-order chi connectivity index (χ1) is 10.0. The smallest absolute Gasteiger partial charge is 0.275 e. The summed E-state index contributed by atoms with van der Waals surface area (Å²) in [6.07, 6.45) is 0.358. The van der Waals surface area contributed by atoms with Crippen LogP contribution in [0.3, 0.4) is 0 Å². The highest BCUT2D eigenvalue weighted by Crippen LogP contribution is 2.34. The zero-order chi connectivity index (χ0) is 15.4. The van der Waals surface area contributed by atoms with Crippen molar-refractivity contribution in [1.29, 1.82) is 0 Å². The van der Waals surface area contributed by atoms with Crippen molar-refractivity contribution in [2.45, 2.75) is 11.2 Å². The highest BCUT2D eigenvalue weighted by Gasteiger charge is 2.21. The number of ether oxygens (including phenoxy) is 1. The molecule has 4 nitrogen and oxygen atoms in total. The molecule has 0 fully saturated rings. The van der Waals surface area contributed by atoms with Gasteiger partial charge in [-0.1, -0.05) is 46.3 Å². The van der Waals surface area contributed by atoms with Gasteiger partial charge in [0.05, 0.1) is 18.1 Å². The van der Waals surface area contributed by atoms with Crippen LogP contribution in [-0.2, 0) is 6.42 Å². The predicted octanol–water partition coefficient (Wildman–Crippen LogP) is 4.42. The zero-order valence-corrected chi connectivity index (χ0v) is 12.8. The standard InChI is InChI=1S/C15H13BrFNO3/c1-21-15-8-11(14(18(19)20)9-13(15)17)7-12(16)10-5-3-2-4-6-10/h2-6,8-9,12H,7H2,1H3. The molecule has 0 saturated heterocycles. The van der Waals surface area contributed by atoms with Crippen LogP contribution >= 0.6 is 15.9 Å². The molecule has 6 heteroatoms. The fourth-order valence-electron chi connectivity index (χ4n) is 2.05. The maximum Gasteiger partial charge on any atom is 0.275 e. The van der Waals surface area contributed by atoms with Gasteiger partial charge in [-0.15, -0.1) is 0 Å². The summed E-state index contributed by atoms with van der Waals surface area (Å²) in [5.41, 5.74) is 1.17. The summed E-state index contributed by atoms with van der Waals surface area (Å²) in [6, 6.07) is 11.8. The Bertz CT molecular complexity index is 649. The summed E-state index contributed by atoms with van der Waals surface area (Å²) >= 11 is 3.51. The fraction of sp³-hybridized carbons (Fsp3) is 0.200. The lowest BCUT2D eigenvalue weighted by Gasteiger charge is -2.12. The monoisotopic (exact) mass is 353 g/mol. The van der Waals surface area contributed by atoms with Crippen LogP contribution < -0.4 is 4.74 Å². The van der Waals surface area contributed by atoms with Gasteiger partial charge in [0.15, 0.2) is 11.6 Å². The van der Waals surface area contributed by atoms with Crippen LogP contribution in [0.1, 0.15) is 16.0 Å². The van der Waals surface area contributed by atoms with Gasteiger partial charge in [0.1, 0.15) is 0 Å². The molecule has 0 spiro atoms. The van der Waals surface area contributed by atoms with Crippen molar-refractivity contribution in [1.82, 2.24) is 0 Å². The Kier molecular flexibility index (Phi) is 4.90. The second-order valence-electron chi connectivity index (χ2n) is 4.45. The average molecular weight is 354 g/mol. The van der Waals surface area contributed by atoms with E-state index in [0.29, 0.717) is 12.0 Å². The molecule has 2 aromatic rings. The second-order valence-corrected chi connectivity index (χ2v) is 5.56. The van der Waals surface area contributed by atoms with E-state index in [1.54, 1.807) is 0 Å². The van der Waals surface area contributed by atoms with E-state index >= 15 is 0 Å². The molecular formula is C15H13BrFNO3. The first-order valence-electron chi connectivity index (χ1n) is 6.22. The van der Waals surface area contributed by atoms with E-state index in [2.05, 4.69) is 15.9 Å². The van der Waals surface area contributed by atoms with E-state index in [-0.39, 0.29) is 16.3 Å². The van der Waals surface area contributed by atoms with Gasteiger partial charge in [-0.2, -0.15) is 0 Å². The van der Waals surface area contributed by atoms with E-state index in [9.17, 15) is 14.5 Å². The number of alkyl halides is 1. The highest BCUT2D eigenvalue weighted by atomic mass is 79.9. The Morgan fingerprint density at radius 2 is 2.00 bits per heavy atom. The molecule has 1 atom stereocenters. The Labute approximate surface area is 129 Å². The first kappa shape index (κ1) is 15.4. The summed E-state index contributed by atoms with van der Waals surface area (Å²) in [5, 5.41) is 11.1. The van der Waals surface area contributed by atoms with Gasteiger partial charge in [-0.25, -0.2) is 4.39 Å². The lowest BCUT2D eigenvalue weighted by Crippen LogP contribution is -2.02. The Hall–Kier alpha value is -1.95. The van der Waals surface area contributed by atoms with Crippen LogP contribution in [0.5, 0.6) is 5.75 Å². The van der Waals surface area contributed by atoms with Crippen molar-refractivity contribution in [3.63, 3.8) is 0 Å². The largest absolute Gasteiger partial charge is 0.494 e. The molecule has 0 bridgehead atoms. The summed E-state index contributed by atoms with van der Waals surface area (Å²) in [5.74, 6) is -0.734. The topological polar surface area (TPSA) is 52.4 Å². The molecule has 0 radical (unpaired) electrons. The second kappa shape index (κ2) is 6.67. The predicted molar refractivity (Wildman–Crippen MR) is 81.4 cm³/mol. The van der Waals surface area contributed by atoms with Gasteiger partial charge in [0.25, 0.3) is 5.69 Å². The minimum Gasteiger partial charge on any atom is -0.494 e. The van der Waals surface area contributed by atoms with Gasteiger partial charge in [-0.3, -0.25) is 10.1 Å². The SMILES string of the molecule is COc1cc(CC(Br)c2ccccc2)c([N+](=O)[O-])cc1F. The Morgan fingerprint density at radius 1 is 1.33 bits per heavy atom. The number of halogens is 2. The van der Waals surface area contributed by atoms with Crippen molar-refractivity contribution in [3.05, 3.63) is 69.5 Å². The van der Waals surface area contributed by atoms with Gasteiger partial charge in [0, 0.05) is 10.4 Å². The molecule has 0 aliphatic carbocycles. The average Bonchev–Trinajstić information content (AvgIpc) is 2.49. The maximum absolute atomic E-state index is 13.6. The van der Waals surface area contributed by atoms with Crippen LogP contribution in [0.25, 0.3) is 0 Å². The molecule has 2 aromatic carbocycles. The van der Waals surface area contributed by atoms with E-state index in [0.717, 1.165) is 11.6 Å². The molecule has 110 valence electrons. The third-order valence-corrected chi connectivity index (χ3v) is 3.96. The first-order valence-corrected chi connectivity index (χ1v) is 7.14. The minimum absolute atomic E-state index is 0.00311. The summed E-state index contributed by atoms with van der Waals surface area (Å²) < 4.78 is 18.5. The number of nitrogens with zero attached hydrogens (tertiary/aromatic N) is 1. The zero-order valence-electron chi connectivity index (χ0n) is 11.3. The molecular weight excluding hydrogens is 341 g/mol. The molecule has 0 heterocycles. The van der Waals surface area contributed by atoms with Gasteiger partial charge < -0.3 is 4.74 Å². The molecule has 0 saturated carbocycles. The van der Waals surface area contributed by atoms with E-state index < -0.39 is 10.7 Å². The van der Waals surface area contributed by atoms with E-state index in [1.165, 1.54) is 13.2 Å². The van der Waals surface area contributed by atoms with Crippen molar-refractivity contribution >= 4 is 21.6 Å². The van der Waals surface area contributed by atoms with Crippen LogP contribution in [0.4, 0.5) is 10.1 Å². The molecule has 0 aliphatic rings. The molecule has 2 rings (SSSR count). The van der Waals surface area contributed by atoms with Crippen LogP contribution in [-0.4, -0.2) is 12.0 Å². The number of methoxy groups -OCH3 is 1. The molecule has 21 heavy (non-hydrogen) atoms. The van der Waals surface area contributed by atoms with Gasteiger partial charge in [0.2, 0.25) is 0 Å². The molecule has 0 aliphatic heterocycles. The summed E-state index contributed by atoms with van der Waals surface area (Å²) in [4.78, 5) is 10.4. The molecule has 0 N–H and O–H groups in total. The third-order valence-electron chi connectivity index (χ3n) is 3.11. The van der Waals surface area contributed by atoms with Gasteiger partial charge in [-0.05, 0) is 18.1 Å². The van der Waals surface area contributed by atoms with Crippen LogP contribution in [0.15, 0.2) is 42.5 Å². The van der Waals surface area contributed by atoms with Crippen LogP contribution in [0.2, 0.25) is 0 Å².